The van der Waals surface area contributed by atoms with Crippen molar-refractivity contribution in [1.29, 1.82) is 0 Å². The molecule has 0 saturated carbocycles. The van der Waals surface area contributed by atoms with Crippen molar-refractivity contribution in [3.63, 3.8) is 0 Å². The van der Waals surface area contributed by atoms with Crippen LogP contribution >= 0.6 is 0 Å². The van der Waals surface area contributed by atoms with Gasteiger partial charge in [-0.05, 0) is 55.6 Å². The van der Waals surface area contributed by atoms with Gasteiger partial charge in [0, 0.05) is 0 Å². The van der Waals surface area contributed by atoms with Crippen molar-refractivity contribution >= 4 is 49.1 Å². The zero-order valence-corrected chi connectivity index (χ0v) is 13.8. The molecule has 1 unspecified atom stereocenters. The van der Waals surface area contributed by atoms with E-state index < -0.39 is 11.9 Å². The molecule has 2 nitrogen and oxygen atoms in total. The molecule has 120 valence electrons. The summed E-state index contributed by atoms with van der Waals surface area (Å²) in [6.07, 6.45) is 0. The second-order valence-corrected chi connectivity index (χ2v) is 6.70. The maximum Gasteiger partial charge on any atom is 0.310 e. The summed E-state index contributed by atoms with van der Waals surface area (Å²) in [5, 5.41) is 19.0. The molecule has 0 amide bonds. The molecule has 0 radical (unpaired) electrons. The van der Waals surface area contributed by atoms with Crippen LogP contribution in [-0.2, 0) is 4.79 Å². The molecule has 5 aromatic rings. The monoisotopic (exact) mass is 324 g/mol. The fourth-order valence-electron chi connectivity index (χ4n) is 4.18. The van der Waals surface area contributed by atoms with E-state index in [0.717, 1.165) is 21.7 Å². The van der Waals surface area contributed by atoms with E-state index in [4.69, 9.17) is 0 Å². The van der Waals surface area contributed by atoms with Crippen LogP contribution in [0.4, 0.5) is 0 Å². The molecule has 5 rings (SSSR count). The molecule has 1 N–H and O–H groups in total. The summed E-state index contributed by atoms with van der Waals surface area (Å²) in [5.74, 6) is -1.34. The molecule has 0 aromatic heterocycles. The van der Waals surface area contributed by atoms with Crippen LogP contribution in [0.3, 0.4) is 0 Å². The Kier molecular flexibility index (Phi) is 2.81. The summed E-state index contributed by atoms with van der Waals surface area (Å²) < 4.78 is 0. The van der Waals surface area contributed by atoms with Crippen LogP contribution < -0.4 is 0 Å². The second kappa shape index (κ2) is 4.93. The Bertz CT molecular complexity index is 1280. The summed E-state index contributed by atoms with van der Waals surface area (Å²) in [4.78, 5) is 11.7. The third-order valence-electron chi connectivity index (χ3n) is 5.38. The van der Waals surface area contributed by atoms with Gasteiger partial charge in [-0.1, -0.05) is 66.7 Å². The summed E-state index contributed by atoms with van der Waals surface area (Å²) in [6, 6.07) is 23.0. The maximum atomic E-state index is 11.7. The van der Waals surface area contributed by atoms with Gasteiger partial charge in [0.15, 0.2) is 0 Å². The third-order valence-corrected chi connectivity index (χ3v) is 5.38. The minimum Gasteiger partial charge on any atom is -0.481 e. The standard InChI is InChI=1S/C23H16O2/c1-13(23(24)25)16-12-11-15-7-3-9-18-17-8-2-5-14-6-4-10-19(20(14)17)22(16)21(15)18/h2-13H,1H3,(H,24,25). The van der Waals surface area contributed by atoms with Crippen molar-refractivity contribution in [3.8, 4) is 0 Å². The normalized spacial score (nSPS) is 13.2. The average Bonchev–Trinajstić information content (AvgIpc) is 2.64. The Morgan fingerprint density at radius 2 is 1.28 bits per heavy atom. The summed E-state index contributed by atoms with van der Waals surface area (Å²) >= 11 is 0. The van der Waals surface area contributed by atoms with Gasteiger partial charge in [-0.15, -0.1) is 0 Å². The molecule has 0 aliphatic rings. The Balaban J connectivity index is 2.17. The van der Waals surface area contributed by atoms with Crippen LogP contribution in [0.1, 0.15) is 18.4 Å². The molecule has 25 heavy (non-hydrogen) atoms. The van der Waals surface area contributed by atoms with Crippen molar-refractivity contribution in [1.82, 2.24) is 0 Å². The van der Waals surface area contributed by atoms with Gasteiger partial charge in [-0.3, -0.25) is 4.79 Å². The minimum absolute atomic E-state index is 0.548. The maximum absolute atomic E-state index is 11.7. The number of hydrogen-bond acceptors (Lipinski definition) is 1. The molecule has 0 aliphatic heterocycles. The zero-order chi connectivity index (χ0) is 17.1. The highest BCUT2D eigenvalue weighted by molar-refractivity contribution is 6.33. The Morgan fingerprint density at radius 3 is 1.92 bits per heavy atom. The van der Waals surface area contributed by atoms with Crippen molar-refractivity contribution in [3.05, 3.63) is 72.3 Å². The van der Waals surface area contributed by atoms with Crippen molar-refractivity contribution in [2.24, 2.45) is 0 Å². The first-order valence-corrected chi connectivity index (χ1v) is 8.48. The van der Waals surface area contributed by atoms with Gasteiger partial charge in [0.25, 0.3) is 0 Å². The molecular formula is C23H16O2. The first kappa shape index (κ1) is 14.2. The van der Waals surface area contributed by atoms with Crippen molar-refractivity contribution in [2.45, 2.75) is 12.8 Å². The van der Waals surface area contributed by atoms with Gasteiger partial charge >= 0.3 is 5.97 Å². The predicted octanol–water partition coefficient (Wildman–Crippen LogP) is 5.93. The van der Waals surface area contributed by atoms with Crippen LogP contribution in [0.25, 0.3) is 43.1 Å². The minimum atomic E-state index is -0.792. The molecule has 0 heterocycles. The van der Waals surface area contributed by atoms with Gasteiger partial charge in [0.05, 0.1) is 5.92 Å². The van der Waals surface area contributed by atoms with Gasteiger partial charge in [0.2, 0.25) is 0 Å². The van der Waals surface area contributed by atoms with E-state index in [1.807, 2.05) is 12.1 Å². The van der Waals surface area contributed by atoms with Crippen LogP contribution in [0.5, 0.6) is 0 Å². The van der Waals surface area contributed by atoms with Crippen LogP contribution in [0, 0.1) is 0 Å². The highest BCUT2D eigenvalue weighted by atomic mass is 16.4. The zero-order valence-electron chi connectivity index (χ0n) is 13.8. The van der Waals surface area contributed by atoms with E-state index in [-0.39, 0.29) is 0 Å². The molecule has 5 aromatic carbocycles. The molecule has 2 heteroatoms. The molecule has 0 saturated heterocycles. The van der Waals surface area contributed by atoms with Gasteiger partial charge in [0.1, 0.15) is 0 Å². The number of carbonyl (C=O) groups is 1. The molecule has 0 bridgehead atoms. The Labute approximate surface area is 144 Å². The van der Waals surface area contributed by atoms with E-state index in [0.29, 0.717) is 0 Å². The first-order chi connectivity index (χ1) is 12.2. The Morgan fingerprint density at radius 1 is 0.720 bits per heavy atom. The van der Waals surface area contributed by atoms with Gasteiger partial charge in [-0.25, -0.2) is 0 Å². The van der Waals surface area contributed by atoms with Gasteiger partial charge < -0.3 is 5.11 Å². The summed E-state index contributed by atoms with van der Waals surface area (Å²) in [6.45, 7) is 1.77. The van der Waals surface area contributed by atoms with Crippen LogP contribution in [0.15, 0.2) is 66.7 Å². The van der Waals surface area contributed by atoms with E-state index >= 15 is 0 Å². The summed E-state index contributed by atoms with van der Waals surface area (Å²) in [5.41, 5.74) is 0.884. The van der Waals surface area contributed by atoms with E-state index in [1.54, 1.807) is 6.92 Å². The van der Waals surface area contributed by atoms with Crippen molar-refractivity contribution in [2.75, 3.05) is 0 Å². The fraction of sp³-hybridized carbons (Fsp3) is 0.0870. The first-order valence-electron chi connectivity index (χ1n) is 8.48. The number of carboxylic acid groups (broad SMARTS) is 1. The topological polar surface area (TPSA) is 37.3 Å². The van der Waals surface area contributed by atoms with Crippen molar-refractivity contribution < 1.29 is 9.90 Å². The van der Waals surface area contributed by atoms with Gasteiger partial charge in [-0.2, -0.15) is 0 Å². The largest absolute Gasteiger partial charge is 0.481 e. The average molecular weight is 324 g/mol. The number of carboxylic acids is 1. The van der Waals surface area contributed by atoms with Crippen LogP contribution in [0.2, 0.25) is 0 Å². The summed E-state index contributed by atoms with van der Waals surface area (Å²) in [7, 11) is 0. The molecule has 1 atom stereocenters. The lowest BCUT2D eigenvalue weighted by molar-refractivity contribution is -0.138. The lowest BCUT2D eigenvalue weighted by Crippen LogP contribution is -2.08. The lowest BCUT2D eigenvalue weighted by Gasteiger charge is -2.18. The lowest BCUT2D eigenvalue weighted by atomic mass is 9.85. The molecule has 0 spiro atoms. The van der Waals surface area contributed by atoms with E-state index in [1.165, 1.54) is 26.9 Å². The molecule has 0 fully saturated rings. The van der Waals surface area contributed by atoms with Crippen LogP contribution in [-0.4, -0.2) is 11.1 Å². The number of fused-ring (bicyclic) bond motifs is 2. The highest BCUT2D eigenvalue weighted by Crippen LogP contribution is 2.42. The number of aliphatic carboxylic acids is 1. The fourth-order valence-corrected chi connectivity index (χ4v) is 4.18. The smallest absolute Gasteiger partial charge is 0.310 e. The number of rotatable bonds is 2. The predicted molar refractivity (Wildman–Crippen MR) is 104 cm³/mol. The Hall–Kier alpha value is -3.13. The number of hydrogen-bond donors (Lipinski definition) is 1. The van der Waals surface area contributed by atoms with E-state index in [2.05, 4.69) is 54.6 Å². The molecular weight excluding hydrogens is 308 g/mol. The van der Waals surface area contributed by atoms with E-state index in [9.17, 15) is 9.90 Å². The molecule has 0 aliphatic carbocycles. The highest BCUT2D eigenvalue weighted by Gasteiger charge is 2.21. The third kappa shape index (κ3) is 1.82. The quantitative estimate of drug-likeness (QED) is 0.323. The number of benzene rings is 5. The second-order valence-electron chi connectivity index (χ2n) is 6.70. The SMILES string of the molecule is CC(C(=O)O)c1ccc2cccc3c4cccc5cccc(c1c23)c54.